The Hall–Kier alpha value is -2.20. The maximum absolute atomic E-state index is 11.6. The topological polar surface area (TPSA) is 172 Å². The molecule has 252 valence electrons. The molecule has 0 aliphatic rings. The number of esters is 2. The predicted octanol–water partition coefficient (Wildman–Crippen LogP) is 1.98. The highest BCUT2D eigenvalue weighted by Crippen LogP contribution is 2.05. The normalized spacial score (nSPS) is 11.0. The molecule has 0 aromatic heterocycles. The summed E-state index contributed by atoms with van der Waals surface area (Å²) in [6.07, 6.45) is 5.34. The minimum Gasteiger partial charge on any atom is -0.476 e. The van der Waals surface area contributed by atoms with Gasteiger partial charge in [0.2, 0.25) is 5.78 Å². The van der Waals surface area contributed by atoms with Crippen LogP contribution in [0.15, 0.2) is 0 Å². The molecule has 0 aliphatic carbocycles. The Bertz CT molecular complexity index is 688. The lowest BCUT2D eigenvalue weighted by atomic mass is 10.1. The second-order valence-electron chi connectivity index (χ2n) is 9.12. The van der Waals surface area contributed by atoms with E-state index in [1.807, 2.05) is 0 Å². The summed E-state index contributed by atoms with van der Waals surface area (Å²) >= 11 is 0. The van der Waals surface area contributed by atoms with Crippen molar-refractivity contribution in [1.82, 2.24) is 0 Å². The largest absolute Gasteiger partial charge is 0.476 e. The van der Waals surface area contributed by atoms with Crippen molar-refractivity contribution in [2.24, 2.45) is 0 Å². The van der Waals surface area contributed by atoms with Crippen LogP contribution in [0.5, 0.6) is 0 Å². The van der Waals surface area contributed by atoms with Gasteiger partial charge in [0.05, 0.1) is 98.9 Å². The van der Waals surface area contributed by atoms with Gasteiger partial charge in [0, 0.05) is 12.8 Å². The molecule has 0 radical (unpaired) electrons. The second-order valence-corrected chi connectivity index (χ2v) is 9.12. The second kappa shape index (κ2) is 32.7. The molecule has 0 amide bonds. The number of carbonyl (C=O) groups is 4. The number of carboxylic acids is 1. The Balaban J connectivity index is 3.18. The maximum atomic E-state index is 11.6. The summed E-state index contributed by atoms with van der Waals surface area (Å²) in [6.45, 7) is 8.03. The van der Waals surface area contributed by atoms with Crippen LogP contribution in [0.2, 0.25) is 0 Å². The molecule has 0 aromatic carbocycles. The van der Waals surface area contributed by atoms with Crippen LogP contribution in [0.3, 0.4) is 0 Å². The van der Waals surface area contributed by atoms with E-state index in [2.05, 4.69) is 6.92 Å². The number of hydrogen-bond acceptors (Lipinski definition) is 13. The molecule has 0 rings (SSSR count). The summed E-state index contributed by atoms with van der Waals surface area (Å²) in [7, 11) is 0. The summed E-state index contributed by atoms with van der Waals surface area (Å²) < 4.78 is 47.6. The van der Waals surface area contributed by atoms with Gasteiger partial charge < -0.3 is 47.7 Å². The van der Waals surface area contributed by atoms with E-state index in [0.717, 1.165) is 12.8 Å². The summed E-state index contributed by atoms with van der Waals surface area (Å²) in [5.74, 6) is -3.40. The lowest BCUT2D eigenvalue weighted by Crippen LogP contribution is -2.17. The third kappa shape index (κ3) is 32.5. The minimum atomic E-state index is -1.56. The molecule has 1 N–H and O–H groups in total. The highest BCUT2D eigenvalue weighted by molar-refractivity contribution is 6.32. The average molecular weight is 625 g/mol. The SMILES string of the molecule is CCCCCCCC(=O)OCCOCCOCCOCCOCCOCCOCCOCCOC(=O)CCC(=O)C(=O)O. The standard InChI is InChI=1S/C29H52O14/c1-2-3-4-5-6-7-27(31)42-24-22-40-20-18-38-16-14-36-12-10-35-11-13-37-15-17-39-19-21-41-23-25-43-28(32)9-8-26(30)29(33)34/h2-25H2,1H3,(H,33,34). The first-order valence-corrected chi connectivity index (χ1v) is 15.1. The molecule has 0 aliphatic heterocycles. The third-order valence-electron chi connectivity index (χ3n) is 5.49. The van der Waals surface area contributed by atoms with Gasteiger partial charge in [-0.25, -0.2) is 4.79 Å². The molecule has 0 saturated heterocycles. The van der Waals surface area contributed by atoms with E-state index in [0.29, 0.717) is 92.3 Å². The predicted molar refractivity (Wildman–Crippen MR) is 153 cm³/mol. The lowest BCUT2D eigenvalue weighted by Gasteiger charge is -2.09. The number of rotatable bonds is 34. The molecule has 0 fully saturated rings. The molecule has 14 nitrogen and oxygen atoms in total. The number of aliphatic carboxylic acids is 1. The molecule has 14 heteroatoms. The fourth-order valence-corrected chi connectivity index (χ4v) is 3.19. The summed E-state index contributed by atoms with van der Waals surface area (Å²) in [6, 6.07) is 0. The van der Waals surface area contributed by atoms with E-state index in [1.54, 1.807) is 0 Å². The van der Waals surface area contributed by atoms with Gasteiger partial charge in [-0.3, -0.25) is 14.4 Å². The molecule has 0 atom stereocenters. The Labute approximate surface area is 254 Å². The number of Topliss-reactive ketones (excluding diaryl/α,β-unsaturated/α-hetero) is 1. The zero-order chi connectivity index (χ0) is 31.6. The first-order chi connectivity index (χ1) is 21.0. The third-order valence-corrected chi connectivity index (χ3v) is 5.49. The highest BCUT2D eigenvalue weighted by atomic mass is 16.6. The van der Waals surface area contributed by atoms with Gasteiger partial charge in [-0.05, 0) is 6.42 Å². The van der Waals surface area contributed by atoms with Crippen molar-refractivity contribution >= 4 is 23.7 Å². The highest BCUT2D eigenvalue weighted by Gasteiger charge is 2.14. The molecular weight excluding hydrogens is 572 g/mol. The molecule has 0 heterocycles. The molecule has 0 aromatic rings. The summed E-state index contributed by atoms with van der Waals surface area (Å²) in [5, 5.41) is 8.43. The first kappa shape index (κ1) is 40.8. The van der Waals surface area contributed by atoms with Gasteiger partial charge in [0.1, 0.15) is 13.2 Å². The fourth-order valence-electron chi connectivity index (χ4n) is 3.19. The van der Waals surface area contributed by atoms with Crippen LogP contribution in [-0.2, 0) is 61.8 Å². The van der Waals surface area contributed by atoms with Crippen molar-refractivity contribution in [2.45, 2.75) is 58.3 Å². The Morgan fingerprint density at radius 3 is 1.09 bits per heavy atom. The van der Waals surface area contributed by atoms with Crippen LogP contribution < -0.4 is 0 Å². The summed E-state index contributed by atoms with van der Waals surface area (Å²) in [4.78, 5) is 44.2. The lowest BCUT2D eigenvalue weighted by molar-refractivity contribution is -0.151. The van der Waals surface area contributed by atoms with Crippen LogP contribution in [0, 0.1) is 0 Å². The Kier molecular flexibility index (Phi) is 31.0. The number of ether oxygens (including phenoxy) is 9. The molecule has 0 bridgehead atoms. The molecule has 0 unspecified atom stereocenters. The molecular formula is C29H52O14. The maximum Gasteiger partial charge on any atom is 0.372 e. The van der Waals surface area contributed by atoms with Crippen LogP contribution >= 0.6 is 0 Å². The van der Waals surface area contributed by atoms with Gasteiger partial charge >= 0.3 is 17.9 Å². The van der Waals surface area contributed by atoms with E-state index in [9.17, 15) is 19.2 Å². The van der Waals surface area contributed by atoms with Crippen molar-refractivity contribution in [3.05, 3.63) is 0 Å². The summed E-state index contributed by atoms with van der Waals surface area (Å²) in [5.41, 5.74) is 0. The Morgan fingerprint density at radius 1 is 0.419 bits per heavy atom. The number of carboxylic acid groups (broad SMARTS) is 1. The quantitative estimate of drug-likeness (QED) is 0.0626. The average Bonchev–Trinajstić information content (AvgIpc) is 2.99. The van der Waals surface area contributed by atoms with Crippen molar-refractivity contribution in [1.29, 1.82) is 0 Å². The Morgan fingerprint density at radius 2 is 0.744 bits per heavy atom. The fraction of sp³-hybridized carbons (Fsp3) is 0.862. The van der Waals surface area contributed by atoms with E-state index >= 15 is 0 Å². The van der Waals surface area contributed by atoms with Crippen LogP contribution in [0.4, 0.5) is 0 Å². The number of carbonyl (C=O) groups excluding carboxylic acids is 3. The first-order valence-electron chi connectivity index (χ1n) is 15.1. The van der Waals surface area contributed by atoms with E-state index in [4.69, 9.17) is 47.7 Å². The molecule has 0 spiro atoms. The van der Waals surface area contributed by atoms with Crippen molar-refractivity contribution < 1.29 is 66.9 Å². The van der Waals surface area contributed by atoms with E-state index in [1.165, 1.54) is 19.3 Å². The van der Waals surface area contributed by atoms with E-state index < -0.39 is 17.7 Å². The number of hydrogen-bond donors (Lipinski definition) is 1. The van der Waals surface area contributed by atoms with Gasteiger partial charge in [0.15, 0.2) is 0 Å². The molecule has 43 heavy (non-hydrogen) atoms. The van der Waals surface area contributed by atoms with Crippen molar-refractivity contribution in [3.8, 4) is 0 Å². The van der Waals surface area contributed by atoms with Crippen LogP contribution in [0.25, 0.3) is 0 Å². The van der Waals surface area contributed by atoms with Crippen LogP contribution in [-0.4, -0.2) is 135 Å². The molecule has 0 saturated carbocycles. The van der Waals surface area contributed by atoms with Crippen molar-refractivity contribution in [3.63, 3.8) is 0 Å². The monoisotopic (exact) mass is 624 g/mol. The number of unbranched alkanes of at least 4 members (excludes halogenated alkanes) is 4. The smallest absolute Gasteiger partial charge is 0.372 e. The zero-order valence-corrected chi connectivity index (χ0v) is 25.7. The van der Waals surface area contributed by atoms with Gasteiger partial charge in [0.25, 0.3) is 0 Å². The van der Waals surface area contributed by atoms with Crippen LogP contribution in [0.1, 0.15) is 58.3 Å². The van der Waals surface area contributed by atoms with E-state index in [-0.39, 0.29) is 38.6 Å². The zero-order valence-electron chi connectivity index (χ0n) is 25.7. The van der Waals surface area contributed by atoms with Gasteiger partial charge in [-0.1, -0.05) is 32.6 Å². The van der Waals surface area contributed by atoms with Gasteiger partial charge in [-0.15, -0.1) is 0 Å². The minimum absolute atomic E-state index is 0.0129. The van der Waals surface area contributed by atoms with Crippen molar-refractivity contribution in [2.75, 3.05) is 106 Å². The number of ketones is 1. The van der Waals surface area contributed by atoms with Gasteiger partial charge in [-0.2, -0.15) is 0 Å².